The van der Waals surface area contributed by atoms with Crippen LogP contribution in [0.1, 0.15) is 42.6 Å². The van der Waals surface area contributed by atoms with Gasteiger partial charge < -0.3 is 14.9 Å². The lowest BCUT2D eigenvalue weighted by Gasteiger charge is -2.34. The van der Waals surface area contributed by atoms with Crippen molar-refractivity contribution >= 4 is 17.5 Å². The van der Waals surface area contributed by atoms with Gasteiger partial charge in [0.05, 0.1) is 6.10 Å². The highest BCUT2D eigenvalue weighted by Crippen LogP contribution is 2.30. The number of carbonyl (C=O) groups excluding carboxylic acids is 2. The number of fused-ring (bicyclic) bond motifs is 1. The smallest absolute Gasteiger partial charge is 0.253 e. The molecule has 5 nitrogen and oxygen atoms in total. The number of nitrogens with zero attached hydrogens (tertiary/aromatic N) is 2. The van der Waals surface area contributed by atoms with Gasteiger partial charge >= 0.3 is 0 Å². The zero-order valence-corrected chi connectivity index (χ0v) is 13.8. The number of β-amino-alcohol motifs (C(OH)–C–C–N with tert-alkyl or cyclic N) is 1. The highest BCUT2D eigenvalue weighted by molar-refractivity contribution is 5.98. The first-order valence-electron chi connectivity index (χ1n) is 8.42. The van der Waals surface area contributed by atoms with Crippen LogP contribution in [0.15, 0.2) is 18.2 Å². The van der Waals surface area contributed by atoms with Crippen LogP contribution in [0.5, 0.6) is 0 Å². The molecule has 5 heteroatoms. The van der Waals surface area contributed by atoms with Crippen molar-refractivity contribution in [2.45, 2.75) is 39.2 Å². The first kappa shape index (κ1) is 16.0. The van der Waals surface area contributed by atoms with Gasteiger partial charge in [0.1, 0.15) is 0 Å². The third-order valence-corrected chi connectivity index (χ3v) is 5.03. The molecular weight excluding hydrogens is 292 g/mol. The van der Waals surface area contributed by atoms with Crippen molar-refractivity contribution < 1.29 is 14.7 Å². The van der Waals surface area contributed by atoms with Crippen molar-refractivity contribution in [1.29, 1.82) is 0 Å². The molecule has 0 saturated carbocycles. The molecule has 124 valence electrons. The number of likely N-dealkylation sites (tertiary alicyclic amines) is 1. The third kappa shape index (κ3) is 2.98. The van der Waals surface area contributed by atoms with E-state index in [0.29, 0.717) is 31.6 Å². The van der Waals surface area contributed by atoms with Gasteiger partial charge in [0.15, 0.2) is 0 Å². The zero-order valence-electron chi connectivity index (χ0n) is 13.8. The van der Waals surface area contributed by atoms with Crippen molar-refractivity contribution in [3.63, 3.8) is 0 Å². The van der Waals surface area contributed by atoms with Crippen LogP contribution in [-0.2, 0) is 11.2 Å². The molecule has 0 bridgehead atoms. The second-order valence-corrected chi connectivity index (χ2v) is 6.58. The van der Waals surface area contributed by atoms with Gasteiger partial charge in [-0.25, -0.2) is 0 Å². The van der Waals surface area contributed by atoms with E-state index >= 15 is 0 Å². The van der Waals surface area contributed by atoms with Crippen molar-refractivity contribution in [3.05, 3.63) is 29.3 Å². The minimum absolute atomic E-state index is 0.0287. The number of rotatable bonds is 2. The minimum atomic E-state index is -0.445. The number of piperidine rings is 1. The van der Waals surface area contributed by atoms with E-state index in [1.54, 1.807) is 15.9 Å². The van der Waals surface area contributed by atoms with E-state index in [-0.39, 0.29) is 17.7 Å². The predicted octanol–water partition coefficient (Wildman–Crippen LogP) is 1.83. The van der Waals surface area contributed by atoms with Crippen LogP contribution in [0.3, 0.4) is 0 Å². The molecule has 3 rings (SSSR count). The Hall–Kier alpha value is -1.88. The van der Waals surface area contributed by atoms with Gasteiger partial charge in [-0.15, -0.1) is 0 Å². The summed E-state index contributed by atoms with van der Waals surface area (Å²) in [7, 11) is 0. The second-order valence-electron chi connectivity index (χ2n) is 6.58. The molecule has 0 aliphatic carbocycles. The lowest BCUT2D eigenvalue weighted by molar-refractivity contribution is -0.118. The number of anilines is 1. The monoisotopic (exact) mass is 316 g/mol. The molecule has 0 aromatic heterocycles. The highest BCUT2D eigenvalue weighted by atomic mass is 16.3. The van der Waals surface area contributed by atoms with Gasteiger partial charge in [0.2, 0.25) is 5.91 Å². The average Bonchev–Trinajstić information content (AvgIpc) is 2.99. The minimum Gasteiger partial charge on any atom is -0.391 e. The van der Waals surface area contributed by atoms with E-state index in [9.17, 15) is 14.7 Å². The summed E-state index contributed by atoms with van der Waals surface area (Å²) in [5, 5.41) is 9.98. The predicted molar refractivity (Wildman–Crippen MR) is 88.5 cm³/mol. The fourth-order valence-corrected chi connectivity index (χ4v) is 3.40. The number of hydrogen-bond donors (Lipinski definition) is 1. The lowest BCUT2D eigenvalue weighted by Crippen LogP contribution is -2.45. The van der Waals surface area contributed by atoms with Crippen LogP contribution in [0, 0.1) is 5.92 Å². The molecule has 2 atom stereocenters. The molecule has 1 saturated heterocycles. The maximum absolute atomic E-state index is 12.7. The van der Waals surface area contributed by atoms with Gasteiger partial charge in [-0.3, -0.25) is 9.59 Å². The molecule has 1 N–H and O–H groups in total. The van der Waals surface area contributed by atoms with Crippen LogP contribution < -0.4 is 4.90 Å². The Kier molecular flexibility index (Phi) is 4.39. The van der Waals surface area contributed by atoms with E-state index in [1.165, 1.54) is 0 Å². The summed E-state index contributed by atoms with van der Waals surface area (Å²) >= 11 is 0. The average molecular weight is 316 g/mol. The van der Waals surface area contributed by atoms with Gasteiger partial charge in [0, 0.05) is 37.3 Å². The quantitative estimate of drug-likeness (QED) is 0.905. The summed E-state index contributed by atoms with van der Waals surface area (Å²) in [6, 6.07) is 5.59. The molecule has 2 unspecified atom stereocenters. The zero-order chi connectivity index (χ0) is 16.6. The van der Waals surface area contributed by atoms with Crippen molar-refractivity contribution in [2.75, 3.05) is 24.5 Å². The van der Waals surface area contributed by atoms with E-state index in [0.717, 1.165) is 24.1 Å². The normalized spacial score (nSPS) is 23.8. The van der Waals surface area contributed by atoms with Crippen LogP contribution in [0.2, 0.25) is 0 Å². The third-order valence-electron chi connectivity index (χ3n) is 5.03. The lowest BCUT2D eigenvalue weighted by atomic mass is 9.95. The molecule has 2 aliphatic heterocycles. The molecule has 1 fully saturated rings. The van der Waals surface area contributed by atoms with Crippen LogP contribution >= 0.6 is 0 Å². The molecule has 2 heterocycles. The Labute approximate surface area is 136 Å². The maximum Gasteiger partial charge on any atom is 0.253 e. The van der Waals surface area contributed by atoms with Crippen molar-refractivity contribution in [3.8, 4) is 0 Å². The number of aliphatic hydroxyl groups excluding tert-OH is 1. The van der Waals surface area contributed by atoms with Gasteiger partial charge in [-0.1, -0.05) is 13.8 Å². The SMILES string of the molecule is CCC(=O)N1CCc2cc(C(=O)N3CCC(C)C(O)C3)ccc21. The van der Waals surface area contributed by atoms with E-state index < -0.39 is 6.10 Å². The van der Waals surface area contributed by atoms with Crippen LogP contribution in [0.4, 0.5) is 5.69 Å². The largest absolute Gasteiger partial charge is 0.391 e. The second kappa shape index (κ2) is 6.32. The van der Waals surface area contributed by atoms with Gasteiger partial charge in [0.25, 0.3) is 5.91 Å². The van der Waals surface area contributed by atoms with Crippen molar-refractivity contribution in [2.24, 2.45) is 5.92 Å². The molecular formula is C18H24N2O3. The van der Waals surface area contributed by atoms with Gasteiger partial charge in [-0.05, 0) is 42.5 Å². The molecule has 2 amide bonds. The molecule has 0 radical (unpaired) electrons. The first-order chi connectivity index (χ1) is 11.0. The number of benzene rings is 1. The molecule has 23 heavy (non-hydrogen) atoms. The Morgan fingerprint density at radius 2 is 2.09 bits per heavy atom. The van der Waals surface area contributed by atoms with Gasteiger partial charge in [-0.2, -0.15) is 0 Å². The fraction of sp³-hybridized carbons (Fsp3) is 0.556. The number of aliphatic hydroxyl groups is 1. The van der Waals surface area contributed by atoms with Crippen LogP contribution in [-0.4, -0.2) is 47.6 Å². The van der Waals surface area contributed by atoms with E-state index in [1.807, 2.05) is 26.0 Å². The maximum atomic E-state index is 12.7. The summed E-state index contributed by atoms with van der Waals surface area (Å²) in [6.45, 7) is 5.66. The summed E-state index contributed by atoms with van der Waals surface area (Å²) in [6.07, 6.45) is 1.67. The van der Waals surface area contributed by atoms with E-state index in [4.69, 9.17) is 0 Å². The number of amides is 2. The molecule has 2 aliphatic rings. The molecule has 1 aromatic rings. The highest BCUT2D eigenvalue weighted by Gasteiger charge is 2.29. The summed E-state index contributed by atoms with van der Waals surface area (Å²) in [5.41, 5.74) is 2.64. The first-order valence-corrected chi connectivity index (χ1v) is 8.42. The summed E-state index contributed by atoms with van der Waals surface area (Å²) in [5.74, 6) is 0.336. The number of carbonyl (C=O) groups is 2. The summed E-state index contributed by atoms with van der Waals surface area (Å²) in [4.78, 5) is 28.1. The topological polar surface area (TPSA) is 60.9 Å². The molecule has 0 spiro atoms. The summed E-state index contributed by atoms with van der Waals surface area (Å²) < 4.78 is 0. The Bertz CT molecular complexity index is 629. The fourth-order valence-electron chi connectivity index (χ4n) is 3.40. The molecule has 1 aromatic carbocycles. The number of hydrogen-bond acceptors (Lipinski definition) is 3. The Balaban J connectivity index is 1.78. The Morgan fingerprint density at radius 1 is 1.30 bits per heavy atom. The van der Waals surface area contributed by atoms with E-state index in [2.05, 4.69) is 0 Å². The Morgan fingerprint density at radius 3 is 2.78 bits per heavy atom. The van der Waals surface area contributed by atoms with Crippen LogP contribution in [0.25, 0.3) is 0 Å². The standard InChI is InChI=1S/C18H24N2O3/c1-3-17(22)20-9-7-13-10-14(4-5-15(13)20)18(23)19-8-6-12(2)16(21)11-19/h4-5,10,12,16,21H,3,6-9,11H2,1-2H3. The van der Waals surface area contributed by atoms with Crippen molar-refractivity contribution in [1.82, 2.24) is 4.90 Å².